The maximum Gasteiger partial charge on any atom is 0.230 e. The van der Waals surface area contributed by atoms with E-state index in [1.807, 2.05) is 18.2 Å². The molecule has 4 rings (SSSR count). The first kappa shape index (κ1) is 11.2. The van der Waals surface area contributed by atoms with Gasteiger partial charge in [0.15, 0.2) is 11.5 Å². The molecule has 0 unspecified atom stereocenters. The molecule has 1 saturated carbocycles. The molecule has 0 saturated heterocycles. The van der Waals surface area contributed by atoms with Crippen molar-refractivity contribution in [3.63, 3.8) is 0 Å². The van der Waals surface area contributed by atoms with Crippen LogP contribution >= 0.6 is 0 Å². The van der Waals surface area contributed by atoms with Crippen LogP contribution in [-0.4, -0.2) is 20.5 Å². The monoisotopic (exact) mass is 269 g/mol. The zero-order chi connectivity index (χ0) is 13.5. The number of nitrogens with two attached hydrogens (primary N) is 1. The molecule has 1 aliphatic rings. The number of anilines is 1. The SMILES string of the molecule is Nc1nonc1-c1noc([C@@H]2C[C@@H]2c2ccccc2)n1. The second-order valence-corrected chi connectivity index (χ2v) is 4.81. The van der Waals surface area contributed by atoms with Gasteiger partial charge in [0.2, 0.25) is 11.7 Å². The van der Waals surface area contributed by atoms with Crippen LogP contribution in [0.3, 0.4) is 0 Å². The lowest BCUT2D eigenvalue weighted by atomic mass is 10.1. The third-order valence-electron chi connectivity index (χ3n) is 3.50. The van der Waals surface area contributed by atoms with Crippen LogP contribution in [0.5, 0.6) is 0 Å². The molecule has 20 heavy (non-hydrogen) atoms. The van der Waals surface area contributed by atoms with Gasteiger partial charge in [-0.1, -0.05) is 35.5 Å². The molecule has 1 fully saturated rings. The molecule has 2 atom stereocenters. The van der Waals surface area contributed by atoms with Crippen molar-refractivity contribution in [2.24, 2.45) is 0 Å². The minimum atomic E-state index is 0.160. The maximum atomic E-state index is 5.60. The van der Waals surface area contributed by atoms with Crippen LogP contribution in [0.1, 0.15) is 29.7 Å². The zero-order valence-corrected chi connectivity index (χ0v) is 10.4. The van der Waals surface area contributed by atoms with E-state index in [0.29, 0.717) is 23.3 Å². The Bertz CT molecular complexity index is 736. The minimum Gasteiger partial charge on any atom is -0.379 e. The average molecular weight is 269 g/mol. The molecule has 0 bridgehead atoms. The lowest BCUT2D eigenvalue weighted by molar-refractivity contribution is 0.310. The van der Waals surface area contributed by atoms with Crippen LogP contribution in [0.15, 0.2) is 39.5 Å². The third kappa shape index (κ3) is 1.75. The van der Waals surface area contributed by atoms with E-state index >= 15 is 0 Å². The molecule has 3 aromatic rings. The fourth-order valence-corrected chi connectivity index (χ4v) is 2.37. The van der Waals surface area contributed by atoms with E-state index in [-0.39, 0.29) is 11.7 Å². The quantitative estimate of drug-likeness (QED) is 0.775. The van der Waals surface area contributed by atoms with Gasteiger partial charge in [-0.05, 0) is 28.2 Å². The molecule has 7 nitrogen and oxygen atoms in total. The number of benzene rings is 1. The second kappa shape index (κ2) is 4.16. The molecule has 2 N–H and O–H groups in total. The summed E-state index contributed by atoms with van der Waals surface area (Å²) >= 11 is 0. The van der Waals surface area contributed by atoms with Gasteiger partial charge in [-0.15, -0.1) is 0 Å². The highest BCUT2D eigenvalue weighted by Crippen LogP contribution is 2.54. The van der Waals surface area contributed by atoms with E-state index in [0.717, 1.165) is 6.42 Å². The fraction of sp³-hybridized carbons (Fsp3) is 0.231. The lowest BCUT2D eigenvalue weighted by Crippen LogP contribution is -1.90. The molecule has 2 heterocycles. The van der Waals surface area contributed by atoms with Crippen molar-refractivity contribution in [1.29, 1.82) is 0 Å². The first-order chi connectivity index (χ1) is 9.83. The lowest BCUT2D eigenvalue weighted by Gasteiger charge is -1.96. The number of nitrogen functional groups attached to an aromatic ring is 1. The highest BCUT2D eigenvalue weighted by Gasteiger charge is 2.43. The molecule has 100 valence electrons. The Morgan fingerprint density at radius 3 is 2.65 bits per heavy atom. The molecule has 0 spiro atoms. The predicted octanol–water partition coefficient (Wildman–Crippen LogP) is 1.97. The summed E-state index contributed by atoms with van der Waals surface area (Å²) in [5.74, 6) is 1.79. The van der Waals surface area contributed by atoms with Crippen molar-refractivity contribution in [2.45, 2.75) is 18.3 Å². The Morgan fingerprint density at radius 1 is 1.05 bits per heavy atom. The van der Waals surface area contributed by atoms with Gasteiger partial charge < -0.3 is 10.3 Å². The van der Waals surface area contributed by atoms with Crippen LogP contribution < -0.4 is 5.73 Å². The van der Waals surface area contributed by atoms with Gasteiger partial charge in [0, 0.05) is 5.92 Å². The highest BCUT2D eigenvalue weighted by atomic mass is 16.6. The number of hydrogen-bond donors (Lipinski definition) is 1. The summed E-state index contributed by atoms with van der Waals surface area (Å²) in [6.07, 6.45) is 1.01. The van der Waals surface area contributed by atoms with Crippen LogP contribution in [0.4, 0.5) is 5.82 Å². The van der Waals surface area contributed by atoms with Crippen LogP contribution in [0, 0.1) is 0 Å². The summed E-state index contributed by atoms with van der Waals surface area (Å²) in [7, 11) is 0. The van der Waals surface area contributed by atoms with Gasteiger partial charge in [-0.25, -0.2) is 4.63 Å². The molecule has 0 radical (unpaired) electrons. The van der Waals surface area contributed by atoms with E-state index < -0.39 is 0 Å². The minimum absolute atomic E-state index is 0.160. The Kier molecular flexibility index (Phi) is 2.32. The van der Waals surface area contributed by atoms with Crippen LogP contribution in [0.25, 0.3) is 11.5 Å². The standard InChI is InChI=1S/C13H11N5O2/c14-11-10(16-20-17-11)12-15-13(19-18-12)9-6-8(9)7-4-2-1-3-5-7/h1-5,8-9H,6H2,(H2,14,17)/t8-,9-/m1/s1. The maximum absolute atomic E-state index is 5.60. The van der Waals surface area contributed by atoms with Gasteiger partial charge in [-0.2, -0.15) is 4.98 Å². The predicted molar refractivity (Wildman–Crippen MR) is 68.5 cm³/mol. The summed E-state index contributed by atoms with van der Waals surface area (Å²) in [4.78, 5) is 4.33. The first-order valence-electron chi connectivity index (χ1n) is 6.30. The van der Waals surface area contributed by atoms with E-state index in [1.165, 1.54) is 5.56 Å². The largest absolute Gasteiger partial charge is 0.379 e. The first-order valence-corrected chi connectivity index (χ1v) is 6.30. The van der Waals surface area contributed by atoms with Gasteiger partial charge in [0.25, 0.3) is 0 Å². The number of aromatic nitrogens is 4. The topological polar surface area (TPSA) is 104 Å². The molecule has 2 aromatic heterocycles. The summed E-state index contributed by atoms with van der Waals surface area (Å²) < 4.78 is 9.82. The summed E-state index contributed by atoms with van der Waals surface area (Å²) in [6, 6.07) is 10.3. The van der Waals surface area contributed by atoms with Gasteiger partial charge >= 0.3 is 0 Å². The molecular formula is C13H11N5O2. The normalized spacial score (nSPS) is 21.0. The number of rotatable bonds is 3. The molecular weight excluding hydrogens is 258 g/mol. The summed E-state index contributed by atoms with van der Waals surface area (Å²) in [6.45, 7) is 0. The van der Waals surface area contributed by atoms with E-state index in [4.69, 9.17) is 10.3 Å². The van der Waals surface area contributed by atoms with Crippen molar-refractivity contribution in [3.05, 3.63) is 41.8 Å². The molecule has 1 aliphatic carbocycles. The van der Waals surface area contributed by atoms with Crippen molar-refractivity contribution >= 4 is 5.82 Å². The van der Waals surface area contributed by atoms with Crippen LogP contribution in [0.2, 0.25) is 0 Å². The Balaban J connectivity index is 1.57. The molecule has 0 amide bonds. The second-order valence-electron chi connectivity index (χ2n) is 4.81. The van der Waals surface area contributed by atoms with Gasteiger partial charge in [-0.3, -0.25) is 0 Å². The number of nitrogens with zero attached hydrogens (tertiary/aromatic N) is 4. The average Bonchev–Trinajstić information content (AvgIpc) is 2.92. The molecule has 0 aliphatic heterocycles. The Labute approximate surface area is 113 Å². The van der Waals surface area contributed by atoms with Crippen molar-refractivity contribution in [2.75, 3.05) is 5.73 Å². The van der Waals surface area contributed by atoms with Gasteiger partial charge in [0.1, 0.15) is 0 Å². The Hall–Kier alpha value is -2.70. The van der Waals surface area contributed by atoms with Crippen LogP contribution in [-0.2, 0) is 0 Å². The zero-order valence-electron chi connectivity index (χ0n) is 10.4. The number of hydrogen-bond acceptors (Lipinski definition) is 7. The molecule has 7 heteroatoms. The summed E-state index contributed by atoms with van der Waals surface area (Å²) in [5, 5.41) is 11.0. The van der Waals surface area contributed by atoms with Gasteiger partial charge in [0.05, 0.1) is 0 Å². The smallest absolute Gasteiger partial charge is 0.230 e. The van der Waals surface area contributed by atoms with Crippen molar-refractivity contribution in [1.82, 2.24) is 20.5 Å². The molecule has 1 aromatic carbocycles. The van der Waals surface area contributed by atoms with Crippen molar-refractivity contribution in [3.8, 4) is 11.5 Å². The summed E-state index contributed by atoms with van der Waals surface area (Å²) in [5.41, 5.74) is 7.21. The Morgan fingerprint density at radius 2 is 1.90 bits per heavy atom. The van der Waals surface area contributed by atoms with E-state index in [2.05, 4.69) is 37.2 Å². The highest BCUT2D eigenvalue weighted by molar-refractivity contribution is 5.61. The van der Waals surface area contributed by atoms with Crippen molar-refractivity contribution < 1.29 is 9.15 Å². The fourth-order valence-electron chi connectivity index (χ4n) is 2.37. The van der Waals surface area contributed by atoms with E-state index in [1.54, 1.807) is 0 Å². The third-order valence-corrected chi connectivity index (χ3v) is 3.50. The van der Waals surface area contributed by atoms with E-state index in [9.17, 15) is 0 Å².